The van der Waals surface area contributed by atoms with Crippen molar-refractivity contribution in [3.8, 4) is 5.75 Å². The SMILES string of the molecule is COc1cc(C)c(S(=O)N(C)CCC(=O)Nc2ccc3c(c2)CCN(CCN(C)C)C3)c(C)c1. The molecule has 0 radical (unpaired) electrons. The molecule has 0 saturated carbocycles. The van der Waals surface area contributed by atoms with Crippen molar-refractivity contribution in [2.75, 3.05) is 59.7 Å². The van der Waals surface area contributed by atoms with E-state index in [1.165, 1.54) is 11.1 Å². The monoisotopic (exact) mass is 486 g/mol. The zero-order valence-electron chi connectivity index (χ0n) is 21.3. The molecule has 1 amide bonds. The maximum Gasteiger partial charge on any atom is 0.225 e. The van der Waals surface area contributed by atoms with Crippen LogP contribution in [-0.4, -0.2) is 78.7 Å². The number of hydrogen-bond acceptors (Lipinski definition) is 5. The number of carbonyl (C=O) groups excluding carboxylic acids is 1. The van der Waals surface area contributed by atoms with E-state index >= 15 is 0 Å². The minimum Gasteiger partial charge on any atom is -0.497 e. The first-order valence-electron chi connectivity index (χ1n) is 11.7. The Morgan fingerprint density at radius 3 is 2.44 bits per heavy atom. The summed E-state index contributed by atoms with van der Waals surface area (Å²) in [5, 5.41) is 3.01. The third-order valence-corrected chi connectivity index (χ3v) is 7.97. The van der Waals surface area contributed by atoms with Crippen molar-refractivity contribution in [3.05, 3.63) is 52.6 Å². The lowest BCUT2D eigenvalue weighted by Crippen LogP contribution is -2.35. The molecule has 0 aliphatic carbocycles. The van der Waals surface area contributed by atoms with E-state index in [4.69, 9.17) is 4.74 Å². The van der Waals surface area contributed by atoms with E-state index in [1.807, 2.05) is 32.0 Å². The molecule has 1 atom stereocenters. The lowest BCUT2D eigenvalue weighted by molar-refractivity contribution is -0.116. The highest BCUT2D eigenvalue weighted by atomic mass is 32.2. The van der Waals surface area contributed by atoms with Crippen molar-refractivity contribution in [1.82, 2.24) is 14.1 Å². The fourth-order valence-corrected chi connectivity index (χ4v) is 5.48. The van der Waals surface area contributed by atoms with Crippen LogP contribution in [0.5, 0.6) is 5.75 Å². The Kier molecular flexibility index (Phi) is 9.24. The highest BCUT2D eigenvalue weighted by Crippen LogP contribution is 2.26. The van der Waals surface area contributed by atoms with Gasteiger partial charge in [-0.3, -0.25) is 9.69 Å². The van der Waals surface area contributed by atoms with Crippen LogP contribution in [0.2, 0.25) is 0 Å². The minimum absolute atomic E-state index is 0.0737. The van der Waals surface area contributed by atoms with Gasteiger partial charge < -0.3 is 15.0 Å². The van der Waals surface area contributed by atoms with Crippen LogP contribution in [0.4, 0.5) is 5.69 Å². The lowest BCUT2D eigenvalue weighted by atomic mass is 9.99. The molecule has 1 heterocycles. The van der Waals surface area contributed by atoms with E-state index in [9.17, 15) is 9.00 Å². The van der Waals surface area contributed by atoms with Crippen molar-refractivity contribution >= 4 is 22.6 Å². The molecule has 3 rings (SSSR count). The molecule has 0 saturated heterocycles. The first-order chi connectivity index (χ1) is 16.2. The number of aryl methyl sites for hydroxylation is 2. The van der Waals surface area contributed by atoms with Gasteiger partial charge >= 0.3 is 0 Å². The number of fused-ring (bicyclic) bond motifs is 1. The van der Waals surface area contributed by atoms with Gasteiger partial charge in [-0.1, -0.05) is 6.07 Å². The number of rotatable bonds is 10. The molecule has 186 valence electrons. The number of carbonyl (C=O) groups is 1. The highest BCUT2D eigenvalue weighted by molar-refractivity contribution is 7.82. The van der Waals surface area contributed by atoms with Gasteiger partial charge in [0.15, 0.2) is 0 Å². The van der Waals surface area contributed by atoms with Gasteiger partial charge in [0.25, 0.3) is 0 Å². The molecule has 34 heavy (non-hydrogen) atoms. The van der Waals surface area contributed by atoms with Gasteiger partial charge in [0.05, 0.1) is 12.0 Å². The zero-order valence-corrected chi connectivity index (χ0v) is 22.1. The Bertz CT molecular complexity index is 1020. The predicted molar refractivity (Wildman–Crippen MR) is 139 cm³/mol. The number of amides is 1. The smallest absolute Gasteiger partial charge is 0.225 e. The maximum absolute atomic E-state index is 13.1. The molecule has 1 aliphatic rings. The molecule has 1 N–H and O–H groups in total. The third kappa shape index (κ3) is 6.88. The summed E-state index contributed by atoms with van der Waals surface area (Å²) >= 11 is 0. The van der Waals surface area contributed by atoms with Crippen LogP contribution in [0, 0.1) is 13.8 Å². The van der Waals surface area contributed by atoms with E-state index in [-0.39, 0.29) is 12.3 Å². The van der Waals surface area contributed by atoms with Crippen LogP contribution in [-0.2, 0) is 28.7 Å². The van der Waals surface area contributed by atoms with Gasteiger partial charge in [0, 0.05) is 51.9 Å². The molecule has 1 unspecified atom stereocenters. The fraction of sp³-hybridized carbons (Fsp3) is 0.500. The summed E-state index contributed by atoms with van der Waals surface area (Å²) in [6, 6.07) is 9.99. The van der Waals surface area contributed by atoms with Crippen molar-refractivity contribution in [1.29, 1.82) is 0 Å². The van der Waals surface area contributed by atoms with Gasteiger partial charge in [0.2, 0.25) is 5.91 Å². The van der Waals surface area contributed by atoms with Gasteiger partial charge in [-0.05, 0) is 80.9 Å². The first-order valence-corrected chi connectivity index (χ1v) is 12.9. The van der Waals surface area contributed by atoms with Crippen molar-refractivity contribution in [2.24, 2.45) is 0 Å². The first kappa shape index (κ1) is 26.3. The Morgan fingerprint density at radius 1 is 1.09 bits per heavy atom. The molecule has 2 aromatic rings. The number of nitrogens with zero attached hydrogens (tertiary/aromatic N) is 3. The van der Waals surface area contributed by atoms with E-state index < -0.39 is 11.0 Å². The van der Waals surface area contributed by atoms with Crippen LogP contribution in [0.25, 0.3) is 0 Å². The molecule has 0 fully saturated rings. The molecule has 0 bridgehead atoms. The van der Waals surface area contributed by atoms with Gasteiger partial charge in [-0.2, -0.15) is 0 Å². The normalized spacial score (nSPS) is 14.8. The van der Waals surface area contributed by atoms with Crippen LogP contribution in [0.1, 0.15) is 28.7 Å². The molecular formula is C26H38N4O3S. The van der Waals surface area contributed by atoms with Gasteiger partial charge in [-0.25, -0.2) is 8.51 Å². The van der Waals surface area contributed by atoms with E-state index in [0.29, 0.717) is 6.54 Å². The van der Waals surface area contributed by atoms with Crippen LogP contribution < -0.4 is 10.1 Å². The highest BCUT2D eigenvalue weighted by Gasteiger charge is 2.19. The lowest BCUT2D eigenvalue weighted by Gasteiger charge is -2.30. The molecule has 1 aliphatic heterocycles. The summed E-state index contributed by atoms with van der Waals surface area (Å²) in [5.74, 6) is 0.680. The van der Waals surface area contributed by atoms with Gasteiger partial charge in [0.1, 0.15) is 16.7 Å². The average molecular weight is 487 g/mol. The standard InChI is InChI=1S/C26H38N4O3S/c1-19-15-24(33-6)16-20(2)26(19)34(32)29(5)11-10-25(31)27-23-8-7-22-18-30(14-13-28(3)4)12-9-21(22)17-23/h7-8,15-17H,9-14,18H2,1-6H3,(H,27,31). The van der Waals surface area contributed by atoms with E-state index in [1.54, 1.807) is 18.5 Å². The number of likely N-dealkylation sites (N-methyl/N-ethyl adjacent to an activating group) is 1. The fourth-order valence-electron chi connectivity index (χ4n) is 4.25. The Morgan fingerprint density at radius 2 is 1.79 bits per heavy atom. The summed E-state index contributed by atoms with van der Waals surface area (Å²) in [6.07, 6.45) is 1.26. The quantitative estimate of drug-likeness (QED) is 0.559. The molecule has 8 heteroatoms. The van der Waals surface area contributed by atoms with E-state index in [2.05, 4.69) is 41.3 Å². The molecule has 7 nitrogen and oxygen atoms in total. The van der Waals surface area contributed by atoms with Crippen molar-refractivity contribution < 1.29 is 13.7 Å². The second-order valence-electron chi connectivity index (χ2n) is 9.30. The number of ether oxygens (including phenoxy) is 1. The number of nitrogens with one attached hydrogen (secondary N) is 1. The average Bonchev–Trinajstić information content (AvgIpc) is 2.80. The van der Waals surface area contributed by atoms with Gasteiger partial charge in [-0.15, -0.1) is 0 Å². The third-order valence-electron chi connectivity index (χ3n) is 6.23. The Labute approximate surface area is 206 Å². The van der Waals surface area contributed by atoms with E-state index in [0.717, 1.165) is 60.1 Å². The largest absolute Gasteiger partial charge is 0.497 e. The number of methoxy groups -OCH3 is 1. The van der Waals surface area contributed by atoms with Crippen molar-refractivity contribution in [2.45, 2.75) is 38.1 Å². The number of benzene rings is 2. The summed E-state index contributed by atoms with van der Waals surface area (Å²) in [7, 11) is 6.27. The molecule has 2 aromatic carbocycles. The summed E-state index contributed by atoms with van der Waals surface area (Å²) in [5.41, 5.74) is 5.31. The predicted octanol–water partition coefficient (Wildman–Crippen LogP) is 3.21. The molecule has 0 aromatic heterocycles. The van der Waals surface area contributed by atoms with Crippen LogP contribution >= 0.6 is 0 Å². The molecule has 0 spiro atoms. The second kappa shape index (κ2) is 11.9. The summed E-state index contributed by atoms with van der Waals surface area (Å²) < 4.78 is 20.1. The Balaban J connectivity index is 1.53. The maximum atomic E-state index is 13.1. The van der Waals surface area contributed by atoms with Crippen LogP contribution in [0.3, 0.4) is 0 Å². The van der Waals surface area contributed by atoms with Crippen LogP contribution in [0.15, 0.2) is 35.2 Å². The van der Waals surface area contributed by atoms with Crippen molar-refractivity contribution in [3.63, 3.8) is 0 Å². The molecular weight excluding hydrogens is 448 g/mol. The number of anilines is 1. The minimum atomic E-state index is -1.34. The zero-order chi connectivity index (χ0) is 24.8. The summed E-state index contributed by atoms with van der Waals surface area (Å²) in [6.45, 7) is 8.38. The number of hydrogen-bond donors (Lipinski definition) is 1. The summed E-state index contributed by atoms with van der Waals surface area (Å²) in [4.78, 5) is 18.1. The second-order valence-corrected chi connectivity index (χ2v) is 10.8. The topological polar surface area (TPSA) is 65.1 Å². The Hall–Kier alpha value is -2.26.